The molecule has 1 aromatic carbocycles. The lowest BCUT2D eigenvalue weighted by Crippen LogP contribution is -2.14. The van der Waals surface area contributed by atoms with E-state index in [1.165, 1.54) is 0 Å². The molecule has 5 nitrogen and oxygen atoms in total. The van der Waals surface area contributed by atoms with Gasteiger partial charge in [-0.15, -0.1) is 0 Å². The van der Waals surface area contributed by atoms with Crippen LogP contribution >= 0.6 is 0 Å². The SMILES string of the molecule is CC(C)(C)CCOC(=O)c1cc2c(cc1N)OCO2. The van der Waals surface area contributed by atoms with Crippen molar-refractivity contribution in [3.63, 3.8) is 0 Å². The molecule has 1 heterocycles. The van der Waals surface area contributed by atoms with Crippen molar-refractivity contribution in [2.75, 3.05) is 19.1 Å². The Morgan fingerprint density at radius 2 is 1.95 bits per heavy atom. The van der Waals surface area contributed by atoms with Crippen molar-refractivity contribution < 1.29 is 19.0 Å². The summed E-state index contributed by atoms with van der Waals surface area (Å²) in [5, 5.41) is 0. The van der Waals surface area contributed by atoms with Crippen LogP contribution < -0.4 is 15.2 Å². The normalized spacial score (nSPS) is 13.4. The van der Waals surface area contributed by atoms with Gasteiger partial charge < -0.3 is 19.9 Å². The minimum Gasteiger partial charge on any atom is -0.462 e. The molecule has 104 valence electrons. The largest absolute Gasteiger partial charge is 0.462 e. The topological polar surface area (TPSA) is 70.8 Å². The van der Waals surface area contributed by atoms with Crippen LogP contribution in [0.1, 0.15) is 37.6 Å². The van der Waals surface area contributed by atoms with Crippen molar-refractivity contribution in [2.24, 2.45) is 5.41 Å². The molecule has 0 spiro atoms. The third-order valence-corrected chi connectivity index (χ3v) is 2.85. The van der Waals surface area contributed by atoms with Gasteiger partial charge in [0.1, 0.15) is 0 Å². The quantitative estimate of drug-likeness (QED) is 0.672. The Balaban J connectivity index is 2.03. The minimum absolute atomic E-state index is 0.126. The maximum Gasteiger partial charge on any atom is 0.340 e. The van der Waals surface area contributed by atoms with Gasteiger partial charge in [-0.3, -0.25) is 0 Å². The van der Waals surface area contributed by atoms with Gasteiger partial charge in [0, 0.05) is 12.1 Å². The van der Waals surface area contributed by atoms with Crippen LogP contribution in [0.3, 0.4) is 0 Å². The molecule has 0 aromatic heterocycles. The fourth-order valence-corrected chi connectivity index (χ4v) is 1.66. The molecule has 1 aromatic rings. The molecular formula is C14H19NO4. The molecule has 0 amide bonds. The van der Waals surface area contributed by atoms with E-state index in [0.29, 0.717) is 29.4 Å². The summed E-state index contributed by atoms with van der Waals surface area (Å²) in [6.45, 7) is 6.80. The lowest BCUT2D eigenvalue weighted by molar-refractivity contribution is 0.0465. The first-order chi connectivity index (χ1) is 8.87. The van der Waals surface area contributed by atoms with Crippen LogP contribution in [0.25, 0.3) is 0 Å². The molecule has 19 heavy (non-hydrogen) atoms. The van der Waals surface area contributed by atoms with Gasteiger partial charge >= 0.3 is 5.97 Å². The average molecular weight is 265 g/mol. The van der Waals surface area contributed by atoms with Crippen LogP contribution in [0.15, 0.2) is 12.1 Å². The second-order valence-corrected chi connectivity index (χ2v) is 5.74. The molecule has 0 fully saturated rings. The molecule has 0 aliphatic carbocycles. The summed E-state index contributed by atoms with van der Waals surface area (Å²) in [5.74, 6) is 0.653. The minimum atomic E-state index is -0.431. The number of nitrogens with two attached hydrogens (primary N) is 1. The Morgan fingerprint density at radius 1 is 1.32 bits per heavy atom. The van der Waals surface area contributed by atoms with Crippen LogP contribution in [-0.4, -0.2) is 19.4 Å². The zero-order chi connectivity index (χ0) is 14.0. The van der Waals surface area contributed by atoms with Gasteiger partial charge in [0.15, 0.2) is 11.5 Å². The number of carbonyl (C=O) groups is 1. The Kier molecular flexibility index (Phi) is 3.55. The molecule has 2 rings (SSSR count). The lowest BCUT2D eigenvalue weighted by Gasteiger charge is -2.17. The number of nitrogen functional groups attached to an aromatic ring is 1. The number of benzene rings is 1. The highest BCUT2D eigenvalue weighted by molar-refractivity contribution is 5.96. The molecule has 2 N–H and O–H groups in total. The number of hydrogen-bond donors (Lipinski definition) is 1. The van der Waals surface area contributed by atoms with Crippen molar-refractivity contribution >= 4 is 11.7 Å². The van der Waals surface area contributed by atoms with Crippen LogP contribution in [0, 0.1) is 5.41 Å². The van der Waals surface area contributed by atoms with Crippen molar-refractivity contribution in [1.82, 2.24) is 0 Å². The number of rotatable bonds is 3. The molecule has 0 saturated heterocycles. The monoisotopic (exact) mass is 265 g/mol. The summed E-state index contributed by atoms with van der Waals surface area (Å²) in [5.41, 5.74) is 6.60. The van der Waals surface area contributed by atoms with Gasteiger partial charge in [0.25, 0.3) is 0 Å². The summed E-state index contributed by atoms with van der Waals surface area (Å²) in [4.78, 5) is 12.0. The van der Waals surface area contributed by atoms with Crippen molar-refractivity contribution in [2.45, 2.75) is 27.2 Å². The first-order valence-electron chi connectivity index (χ1n) is 6.23. The molecule has 0 unspecified atom stereocenters. The summed E-state index contributed by atoms with van der Waals surface area (Å²) in [6.07, 6.45) is 0.795. The van der Waals surface area contributed by atoms with Gasteiger partial charge in [-0.05, 0) is 11.8 Å². The highest BCUT2D eigenvalue weighted by Crippen LogP contribution is 2.36. The summed E-state index contributed by atoms with van der Waals surface area (Å²) < 4.78 is 15.6. The van der Waals surface area contributed by atoms with E-state index in [1.54, 1.807) is 12.1 Å². The molecule has 1 aliphatic rings. The summed E-state index contributed by atoms with van der Waals surface area (Å²) in [7, 11) is 0. The Morgan fingerprint density at radius 3 is 2.58 bits per heavy atom. The first kappa shape index (κ1) is 13.5. The average Bonchev–Trinajstić information content (AvgIpc) is 2.72. The van der Waals surface area contributed by atoms with Crippen LogP contribution in [0.2, 0.25) is 0 Å². The van der Waals surface area contributed by atoms with Gasteiger partial charge in [0.05, 0.1) is 17.9 Å². The highest BCUT2D eigenvalue weighted by atomic mass is 16.7. The number of esters is 1. The number of carbonyl (C=O) groups excluding carboxylic acids is 1. The summed E-state index contributed by atoms with van der Waals surface area (Å²) >= 11 is 0. The predicted molar refractivity (Wildman–Crippen MR) is 71.3 cm³/mol. The van der Waals surface area contributed by atoms with Crippen molar-refractivity contribution in [3.8, 4) is 11.5 Å². The van der Waals surface area contributed by atoms with Crippen LogP contribution in [-0.2, 0) is 4.74 Å². The van der Waals surface area contributed by atoms with Gasteiger partial charge in [0.2, 0.25) is 6.79 Å². The molecular weight excluding hydrogens is 246 g/mol. The molecule has 1 aliphatic heterocycles. The van der Waals surface area contributed by atoms with E-state index in [0.717, 1.165) is 6.42 Å². The van der Waals surface area contributed by atoms with Gasteiger partial charge in [-0.25, -0.2) is 4.79 Å². The number of fused-ring (bicyclic) bond motifs is 1. The molecule has 5 heteroatoms. The fourth-order valence-electron chi connectivity index (χ4n) is 1.66. The van der Waals surface area contributed by atoms with E-state index < -0.39 is 5.97 Å². The fraction of sp³-hybridized carbons (Fsp3) is 0.500. The standard InChI is InChI=1S/C14H19NO4/c1-14(2,3)4-5-17-13(16)9-6-11-12(7-10(9)15)19-8-18-11/h6-7H,4-5,8,15H2,1-3H3. The zero-order valence-corrected chi connectivity index (χ0v) is 11.5. The smallest absolute Gasteiger partial charge is 0.340 e. The Bertz CT molecular complexity index is 491. The van der Waals surface area contributed by atoms with Crippen molar-refractivity contribution in [3.05, 3.63) is 17.7 Å². The molecule has 0 bridgehead atoms. The predicted octanol–water partition coefficient (Wildman–Crippen LogP) is 2.59. The lowest BCUT2D eigenvalue weighted by atomic mass is 9.93. The third kappa shape index (κ3) is 3.30. The van der Waals surface area contributed by atoms with E-state index >= 15 is 0 Å². The van der Waals surface area contributed by atoms with E-state index in [2.05, 4.69) is 20.8 Å². The second-order valence-electron chi connectivity index (χ2n) is 5.74. The third-order valence-electron chi connectivity index (χ3n) is 2.85. The highest BCUT2D eigenvalue weighted by Gasteiger charge is 2.21. The van der Waals surface area contributed by atoms with E-state index in [-0.39, 0.29) is 12.2 Å². The first-order valence-corrected chi connectivity index (χ1v) is 6.23. The van der Waals surface area contributed by atoms with Crippen LogP contribution in [0.5, 0.6) is 11.5 Å². The van der Waals surface area contributed by atoms with E-state index in [4.69, 9.17) is 19.9 Å². The molecule has 0 radical (unpaired) electrons. The van der Waals surface area contributed by atoms with Gasteiger partial charge in [-0.2, -0.15) is 0 Å². The number of anilines is 1. The second kappa shape index (κ2) is 4.99. The Hall–Kier alpha value is -1.91. The zero-order valence-electron chi connectivity index (χ0n) is 11.5. The molecule has 0 saturated carbocycles. The maximum absolute atomic E-state index is 12.0. The van der Waals surface area contributed by atoms with Gasteiger partial charge in [-0.1, -0.05) is 20.8 Å². The number of ether oxygens (including phenoxy) is 3. The van der Waals surface area contributed by atoms with Crippen LogP contribution in [0.4, 0.5) is 5.69 Å². The maximum atomic E-state index is 12.0. The Labute approximate surface area is 112 Å². The summed E-state index contributed by atoms with van der Waals surface area (Å²) in [6, 6.07) is 3.15. The molecule has 0 atom stereocenters. The van der Waals surface area contributed by atoms with Crippen molar-refractivity contribution in [1.29, 1.82) is 0 Å². The van der Waals surface area contributed by atoms with E-state index in [1.807, 2.05) is 0 Å². The number of hydrogen-bond acceptors (Lipinski definition) is 5. The van der Waals surface area contributed by atoms with E-state index in [9.17, 15) is 4.79 Å².